The molecule has 1 atom stereocenters. The monoisotopic (exact) mass is 262 g/mol. The summed E-state index contributed by atoms with van der Waals surface area (Å²) in [5.41, 5.74) is 1.53. The summed E-state index contributed by atoms with van der Waals surface area (Å²) in [7, 11) is 0. The van der Waals surface area contributed by atoms with Crippen molar-refractivity contribution in [3.8, 4) is 0 Å². The van der Waals surface area contributed by atoms with Crippen LogP contribution in [0.1, 0.15) is 19.3 Å². The first kappa shape index (κ1) is 12.4. The molecule has 1 fully saturated rings. The quantitative estimate of drug-likeness (QED) is 0.793. The molecule has 0 radical (unpaired) electrons. The summed E-state index contributed by atoms with van der Waals surface area (Å²) in [5, 5.41) is 6.70. The molecule has 2 aromatic rings. The maximum atomic E-state index is 13.1. The molecule has 0 aliphatic carbocycles. The Morgan fingerprint density at radius 2 is 2.37 bits per heavy atom. The van der Waals surface area contributed by atoms with E-state index in [-0.39, 0.29) is 5.82 Å². The zero-order valence-corrected chi connectivity index (χ0v) is 10.9. The normalized spacial score (nSPS) is 19.7. The number of H-pyrrole nitrogens is 1. The van der Waals surface area contributed by atoms with Crippen LogP contribution in [0.2, 0.25) is 0 Å². The molecule has 1 aliphatic heterocycles. The van der Waals surface area contributed by atoms with E-state index in [9.17, 15) is 4.39 Å². The van der Waals surface area contributed by atoms with Crippen LogP contribution in [0.5, 0.6) is 0 Å². The molecule has 0 saturated carbocycles. The van der Waals surface area contributed by atoms with Gasteiger partial charge in [-0.1, -0.05) is 0 Å². The third-order valence-electron chi connectivity index (χ3n) is 3.69. The van der Waals surface area contributed by atoms with E-state index in [1.165, 1.54) is 25.0 Å². The van der Waals surface area contributed by atoms with Gasteiger partial charge in [-0.2, -0.15) is 0 Å². The van der Waals surface area contributed by atoms with Crippen molar-refractivity contribution in [3.05, 3.63) is 24.0 Å². The molecule has 0 spiro atoms. The molecule has 3 rings (SSSR count). The number of benzene rings is 1. The van der Waals surface area contributed by atoms with Gasteiger partial charge in [-0.3, -0.25) is 0 Å². The van der Waals surface area contributed by atoms with Gasteiger partial charge in [0, 0.05) is 6.54 Å². The van der Waals surface area contributed by atoms with E-state index in [0.29, 0.717) is 0 Å². The summed E-state index contributed by atoms with van der Waals surface area (Å²) < 4.78 is 13.1. The van der Waals surface area contributed by atoms with E-state index in [1.807, 2.05) is 0 Å². The standard InChI is InChI=1S/C14H19FN4/c15-11-3-4-12-13(8-11)19-14(18-12)17-7-5-10-2-1-6-16-9-10/h3-4,8,10,16H,1-2,5-7,9H2,(H2,17,18,19). The van der Waals surface area contributed by atoms with Gasteiger partial charge in [0.25, 0.3) is 0 Å². The Morgan fingerprint density at radius 3 is 3.21 bits per heavy atom. The Balaban J connectivity index is 1.56. The van der Waals surface area contributed by atoms with Crippen LogP contribution in [-0.4, -0.2) is 29.6 Å². The highest BCUT2D eigenvalue weighted by Gasteiger charge is 2.12. The molecule has 2 heterocycles. The van der Waals surface area contributed by atoms with Crippen LogP contribution >= 0.6 is 0 Å². The molecule has 1 unspecified atom stereocenters. The first-order valence-electron chi connectivity index (χ1n) is 6.91. The Kier molecular flexibility index (Phi) is 3.64. The van der Waals surface area contributed by atoms with E-state index in [2.05, 4.69) is 20.6 Å². The molecule has 1 aromatic heterocycles. The fraction of sp³-hybridized carbons (Fsp3) is 0.500. The van der Waals surface area contributed by atoms with E-state index in [1.54, 1.807) is 6.07 Å². The number of aromatic nitrogens is 2. The number of imidazole rings is 1. The highest BCUT2D eigenvalue weighted by atomic mass is 19.1. The summed E-state index contributed by atoms with van der Waals surface area (Å²) in [6.45, 7) is 3.17. The minimum absolute atomic E-state index is 0.240. The van der Waals surface area contributed by atoms with Crippen molar-refractivity contribution in [1.29, 1.82) is 0 Å². The van der Waals surface area contributed by atoms with Gasteiger partial charge in [-0.25, -0.2) is 9.37 Å². The van der Waals surface area contributed by atoms with Crippen molar-refractivity contribution in [2.24, 2.45) is 5.92 Å². The van der Waals surface area contributed by atoms with Gasteiger partial charge in [-0.15, -0.1) is 0 Å². The third-order valence-corrected chi connectivity index (χ3v) is 3.69. The number of hydrogen-bond acceptors (Lipinski definition) is 3. The van der Waals surface area contributed by atoms with E-state index in [0.717, 1.165) is 49.0 Å². The molecule has 19 heavy (non-hydrogen) atoms. The molecule has 1 aliphatic rings. The van der Waals surface area contributed by atoms with E-state index in [4.69, 9.17) is 0 Å². The minimum Gasteiger partial charge on any atom is -0.356 e. The molecular weight excluding hydrogens is 243 g/mol. The zero-order valence-electron chi connectivity index (χ0n) is 10.9. The predicted molar refractivity (Wildman–Crippen MR) is 74.8 cm³/mol. The molecule has 3 N–H and O–H groups in total. The summed E-state index contributed by atoms with van der Waals surface area (Å²) >= 11 is 0. The number of anilines is 1. The Bertz CT molecular complexity index is 545. The van der Waals surface area contributed by atoms with Crippen LogP contribution in [-0.2, 0) is 0 Å². The first-order chi connectivity index (χ1) is 9.31. The maximum Gasteiger partial charge on any atom is 0.201 e. The number of nitrogens with zero attached hydrogens (tertiary/aromatic N) is 1. The molecule has 0 amide bonds. The molecule has 5 heteroatoms. The summed E-state index contributed by atoms with van der Waals surface area (Å²) in [6.07, 6.45) is 3.72. The number of aromatic amines is 1. The van der Waals surface area contributed by atoms with Crippen LogP contribution in [0.25, 0.3) is 11.0 Å². The van der Waals surface area contributed by atoms with Gasteiger partial charge in [-0.05, 0) is 56.5 Å². The van der Waals surface area contributed by atoms with Crippen molar-refractivity contribution in [1.82, 2.24) is 15.3 Å². The van der Waals surface area contributed by atoms with Gasteiger partial charge in [0.15, 0.2) is 0 Å². The Morgan fingerprint density at radius 1 is 1.42 bits per heavy atom. The molecular formula is C14H19FN4. The highest BCUT2D eigenvalue weighted by molar-refractivity contribution is 5.77. The number of rotatable bonds is 4. The average molecular weight is 262 g/mol. The van der Waals surface area contributed by atoms with Gasteiger partial charge < -0.3 is 15.6 Å². The van der Waals surface area contributed by atoms with Gasteiger partial charge in [0.1, 0.15) is 5.82 Å². The number of piperidine rings is 1. The summed E-state index contributed by atoms with van der Waals surface area (Å²) in [6, 6.07) is 4.59. The van der Waals surface area contributed by atoms with Gasteiger partial charge in [0.05, 0.1) is 11.0 Å². The Hall–Kier alpha value is -1.62. The largest absolute Gasteiger partial charge is 0.356 e. The summed E-state index contributed by atoms with van der Waals surface area (Å²) in [4.78, 5) is 7.48. The van der Waals surface area contributed by atoms with Crippen LogP contribution in [0.3, 0.4) is 0 Å². The molecule has 4 nitrogen and oxygen atoms in total. The number of hydrogen-bond donors (Lipinski definition) is 3. The molecule has 1 saturated heterocycles. The fourth-order valence-corrected chi connectivity index (χ4v) is 2.63. The van der Waals surface area contributed by atoms with Gasteiger partial charge in [0.2, 0.25) is 5.95 Å². The van der Waals surface area contributed by atoms with Crippen molar-refractivity contribution in [2.75, 3.05) is 25.0 Å². The van der Waals surface area contributed by atoms with Crippen molar-refractivity contribution >= 4 is 17.0 Å². The number of nitrogens with one attached hydrogen (secondary N) is 3. The van der Waals surface area contributed by atoms with Crippen LogP contribution in [0, 0.1) is 11.7 Å². The molecule has 1 aromatic carbocycles. The SMILES string of the molecule is Fc1ccc2nc(NCCC3CCCNC3)[nH]c2c1. The van der Waals surface area contributed by atoms with Crippen molar-refractivity contribution < 1.29 is 4.39 Å². The maximum absolute atomic E-state index is 13.1. The van der Waals surface area contributed by atoms with Gasteiger partial charge >= 0.3 is 0 Å². The fourth-order valence-electron chi connectivity index (χ4n) is 2.63. The second-order valence-corrected chi connectivity index (χ2v) is 5.17. The lowest BCUT2D eigenvalue weighted by Crippen LogP contribution is -2.30. The lowest BCUT2D eigenvalue weighted by molar-refractivity contribution is 0.364. The van der Waals surface area contributed by atoms with Crippen LogP contribution < -0.4 is 10.6 Å². The second-order valence-electron chi connectivity index (χ2n) is 5.17. The third kappa shape index (κ3) is 3.04. The topological polar surface area (TPSA) is 52.7 Å². The number of halogens is 1. The first-order valence-corrected chi connectivity index (χ1v) is 6.91. The predicted octanol–water partition coefficient (Wildman–Crippen LogP) is 2.50. The highest BCUT2D eigenvalue weighted by Crippen LogP contribution is 2.17. The zero-order chi connectivity index (χ0) is 13.1. The van der Waals surface area contributed by atoms with Crippen molar-refractivity contribution in [3.63, 3.8) is 0 Å². The Labute approximate surface area is 111 Å². The average Bonchev–Trinajstić information content (AvgIpc) is 2.82. The lowest BCUT2D eigenvalue weighted by atomic mass is 9.96. The second kappa shape index (κ2) is 5.57. The van der Waals surface area contributed by atoms with E-state index < -0.39 is 0 Å². The van der Waals surface area contributed by atoms with Crippen molar-refractivity contribution in [2.45, 2.75) is 19.3 Å². The minimum atomic E-state index is -0.240. The van der Waals surface area contributed by atoms with E-state index >= 15 is 0 Å². The lowest BCUT2D eigenvalue weighted by Gasteiger charge is -2.22. The summed E-state index contributed by atoms with van der Waals surface area (Å²) in [5.74, 6) is 1.24. The van der Waals surface area contributed by atoms with Crippen LogP contribution in [0.15, 0.2) is 18.2 Å². The smallest absolute Gasteiger partial charge is 0.201 e. The van der Waals surface area contributed by atoms with Crippen LogP contribution in [0.4, 0.5) is 10.3 Å². The molecule has 0 bridgehead atoms. The molecule has 102 valence electrons. The number of fused-ring (bicyclic) bond motifs is 1.